The molecule has 90 valence electrons. The molecule has 0 unspecified atom stereocenters. The molecule has 0 aliphatic heterocycles. The van der Waals surface area contributed by atoms with Crippen LogP contribution in [0.5, 0.6) is 0 Å². The highest BCUT2D eigenvalue weighted by Gasteiger charge is 2.16. The third-order valence-electron chi connectivity index (χ3n) is 2.70. The minimum atomic E-state index is -0.533. The number of para-hydroxylation sites is 2. The van der Waals surface area contributed by atoms with Crippen LogP contribution in [0.2, 0.25) is 0 Å². The molecule has 17 heavy (non-hydrogen) atoms. The van der Waals surface area contributed by atoms with Crippen LogP contribution in [0.15, 0.2) is 35.3 Å². The fourth-order valence-corrected chi connectivity index (χ4v) is 2.12. The molecule has 1 aromatic carbocycles. The summed E-state index contributed by atoms with van der Waals surface area (Å²) in [7, 11) is 0. The molecule has 0 bridgehead atoms. The van der Waals surface area contributed by atoms with Gasteiger partial charge in [0.25, 0.3) is 0 Å². The summed E-state index contributed by atoms with van der Waals surface area (Å²) in [6, 6.07) is 7.88. The highest BCUT2D eigenvalue weighted by molar-refractivity contribution is 9.11. The standard InChI is InChI=1S/C13H15BrN2O/c1-3-12(17)13-15-10-6-4-5-7-11(10)16(13)8-9(2)14/h4-7,12,17H,2-3,8H2,1H3/t12-/m1/s1. The number of hydrogen-bond donors (Lipinski definition) is 1. The van der Waals surface area contributed by atoms with E-state index in [4.69, 9.17) is 0 Å². The van der Waals surface area contributed by atoms with Crippen molar-refractivity contribution in [3.8, 4) is 0 Å². The van der Waals surface area contributed by atoms with Crippen molar-refractivity contribution in [2.75, 3.05) is 0 Å². The number of benzene rings is 1. The third kappa shape index (κ3) is 2.42. The molecular weight excluding hydrogens is 280 g/mol. The summed E-state index contributed by atoms with van der Waals surface area (Å²) in [5, 5.41) is 10.00. The molecule has 0 saturated heterocycles. The van der Waals surface area contributed by atoms with E-state index < -0.39 is 6.10 Å². The Kier molecular flexibility index (Phi) is 3.64. The first-order valence-electron chi connectivity index (χ1n) is 5.60. The van der Waals surface area contributed by atoms with E-state index in [0.29, 0.717) is 18.8 Å². The summed E-state index contributed by atoms with van der Waals surface area (Å²) in [4.78, 5) is 4.49. The Bertz CT molecular complexity index is 547. The molecule has 4 heteroatoms. The average Bonchev–Trinajstić information content (AvgIpc) is 2.67. The normalized spacial score (nSPS) is 12.9. The maximum absolute atomic E-state index is 10.00. The number of halogens is 1. The number of allylic oxidation sites excluding steroid dienone is 1. The van der Waals surface area contributed by atoms with Crippen LogP contribution < -0.4 is 0 Å². The number of fused-ring (bicyclic) bond motifs is 1. The lowest BCUT2D eigenvalue weighted by atomic mass is 10.2. The van der Waals surface area contributed by atoms with Crippen molar-refractivity contribution >= 4 is 27.0 Å². The van der Waals surface area contributed by atoms with Crippen molar-refractivity contribution in [3.05, 3.63) is 41.2 Å². The molecule has 0 spiro atoms. The largest absolute Gasteiger partial charge is 0.385 e. The van der Waals surface area contributed by atoms with Crippen LogP contribution in [0, 0.1) is 0 Å². The predicted octanol–water partition coefficient (Wildman–Crippen LogP) is 3.39. The number of hydrogen-bond acceptors (Lipinski definition) is 2. The van der Waals surface area contributed by atoms with Gasteiger partial charge < -0.3 is 9.67 Å². The van der Waals surface area contributed by atoms with Crippen LogP contribution in [0.4, 0.5) is 0 Å². The van der Waals surface area contributed by atoms with Crippen LogP contribution in [-0.2, 0) is 6.54 Å². The van der Waals surface area contributed by atoms with Gasteiger partial charge in [-0.2, -0.15) is 0 Å². The van der Waals surface area contributed by atoms with Gasteiger partial charge in [-0.1, -0.05) is 41.6 Å². The lowest BCUT2D eigenvalue weighted by Crippen LogP contribution is -2.08. The monoisotopic (exact) mass is 294 g/mol. The molecule has 0 saturated carbocycles. The van der Waals surface area contributed by atoms with Crippen molar-refractivity contribution in [1.82, 2.24) is 9.55 Å². The summed E-state index contributed by atoms with van der Waals surface area (Å²) in [5.41, 5.74) is 1.93. The zero-order chi connectivity index (χ0) is 12.4. The molecule has 2 rings (SSSR count). The van der Waals surface area contributed by atoms with Gasteiger partial charge in [0.2, 0.25) is 0 Å². The first-order chi connectivity index (χ1) is 8.13. The van der Waals surface area contributed by atoms with Gasteiger partial charge in [-0.25, -0.2) is 4.98 Å². The summed E-state index contributed by atoms with van der Waals surface area (Å²) in [5.74, 6) is 0.703. The van der Waals surface area contributed by atoms with E-state index in [1.807, 2.05) is 35.8 Å². The second kappa shape index (κ2) is 5.02. The Morgan fingerprint density at radius 1 is 1.53 bits per heavy atom. The van der Waals surface area contributed by atoms with Crippen molar-refractivity contribution in [2.24, 2.45) is 0 Å². The van der Waals surface area contributed by atoms with Gasteiger partial charge in [0.15, 0.2) is 0 Å². The van der Waals surface area contributed by atoms with Crippen LogP contribution in [0.1, 0.15) is 25.3 Å². The van der Waals surface area contributed by atoms with Gasteiger partial charge in [-0.3, -0.25) is 0 Å². The van der Waals surface area contributed by atoms with Crippen LogP contribution in [-0.4, -0.2) is 14.7 Å². The summed E-state index contributed by atoms with van der Waals surface area (Å²) in [6.07, 6.45) is 0.118. The Balaban J connectivity index is 2.60. The zero-order valence-electron chi connectivity index (χ0n) is 9.73. The molecule has 3 nitrogen and oxygen atoms in total. The average molecular weight is 295 g/mol. The topological polar surface area (TPSA) is 38.0 Å². The molecule has 1 heterocycles. The first-order valence-corrected chi connectivity index (χ1v) is 6.39. The van der Waals surface area contributed by atoms with E-state index in [9.17, 15) is 5.11 Å². The number of rotatable bonds is 4. The molecule has 2 aromatic rings. The molecule has 0 amide bonds. The van der Waals surface area contributed by atoms with E-state index in [-0.39, 0.29) is 0 Å². The molecule has 1 aromatic heterocycles. The molecular formula is C13H15BrN2O. The van der Waals surface area contributed by atoms with Gasteiger partial charge >= 0.3 is 0 Å². The number of aliphatic hydroxyl groups excluding tert-OH is 1. The number of nitrogens with zero attached hydrogens (tertiary/aromatic N) is 2. The zero-order valence-corrected chi connectivity index (χ0v) is 11.3. The maximum atomic E-state index is 10.00. The number of imidazole rings is 1. The van der Waals surface area contributed by atoms with E-state index in [1.165, 1.54) is 0 Å². The van der Waals surface area contributed by atoms with Crippen molar-refractivity contribution < 1.29 is 5.11 Å². The molecule has 0 fully saturated rings. The predicted molar refractivity (Wildman–Crippen MR) is 73.1 cm³/mol. The number of aromatic nitrogens is 2. The van der Waals surface area contributed by atoms with E-state index in [2.05, 4.69) is 27.5 Å². The van der Waals surface area contributed by atoms with Crippen molar-refractivity contribution in [2.45, 2.75) is 26.0 Å². The van der Waals surface area contributed by atoms with Crippen LogP contribution >= 0.6 is 15.9 Å². The van der Waals surface area contributed by atoms with E-state index in [1.54, 1.807) is 0 Å². The first kappa shape index (κ1) is 12.3. The van der Waals surface area contributed by atoms with Crippen molar-refractivity contribution in [3.63, 3.8) is 0 Å². The lowest BCUT2D eigenvalue weighted by Gasteiger charge is -2.11. The van der Waals surface area contributed by atoms with Crippen molar-refractivity contribution in [1.29, 1.82) is 0 Å². The molecule has 0 radical (unpaired) electrons. The van der Waals surface area contributed by atoms with E-state index >= 15 is 0 Å². The second-order valence-electron chi connectivity index (χ2n) is 3.99. The smallest absolute Gasteiger partial charge is 0.139 e. The Hall–Kier alpha value is -1.13. The molecule has 1 N–H and O–H groups in total. The lowest BCUT2D eigenvalue weighted by molar-refractivity contribution is 0.160. The van der Waals surface area contributed by atoms with E-state index in [0.717, 1.165) is 15.5 Å². The Morgan fingerprint density at radius 2 is 2.24 bits per heavy atom. The minimum Gasteiger partial charge on any atom is -0.385 e. The minimum absolute atomic E-state index is 0.533. The Labute approximate surface area is 109 Å². The highest BCUT2D eigenvalue weighted by Crippen LogP contribution is 2.24. The summed E-state index contributed by atoms with van der Waals surface area (Å²) >= 11 is 3.36. The molecule has 0 aliphatic rings. The Morgan fingerprint density at radius 3 is 2.88 bits per heavy atom. The number of aliphatic hydroxyl groups is 1. The second-order valence-corrected chi connectivity index (χ2v) is 5.11. The third-order valence-corrected chi connectivity index (χ3v) is 2.95. The van der Waals surface area contributed by atoms with Crippen LogP contribution in [0.25, 0.3) is 11.0 Å². The van der Waals surface area contributed by atoms with Gasteiger partial charge in [0.1, 0.15) is 11.9 Å². The summed E-state index contributed by atoms with van der Waals surface area (Å²) < 4.78 is 2.87. The SMILES string of the molecule is C=C(Br)Cn1c([C@H](O)CC)nc2ccccc21. The molecule has 0 aliphatic carbocycles. The summed E-state index contributed by atoms with van der Waals surface area (Å²) in [6.45, 7) is 6.41. The quantitative estimate of drug-likeness (QED) is 0.939. The maximum Gasteiger partial charge on any atom is 0.139 e. The van der Waals surface area contributed by atoms with Gasteiger partial charge in [-0.05, 0) is 18.6 Å². The fraction of sp³-hybridized carbons (Fsp3) is 0.308. The molecule has 1 atom stereocenters. The van der Waals surface area contributed by atoms with Gasteiger partial charge in [-0.15, -0.1) is 0 Å². The van der Waals surface area contributed by atoms with Gasteiger partial charge in [0, 0.05) is 4.48 Å². The fourth-order valence-electron chi connectivity index (χ4n) is 1.87. The van der Waals surface area contributed by atoms with Gasteiger partial charge in [0.05, 0.1) is 17.6 Å². The highest BCUT2D eigenvalue weighted by atomic mass is 79.9. The van der Waals surface area contributed by atoms with Crippen LogP contribution in [0.3, 0.4) is 0 Å².